The van der Waals surface area contributed by atoms with Gasteiger partial charge >= 0.3 is 5.63 Å². The Morgan fingerprint density at radius 3 is 2.40 bits per heavy atom. The van der Waals surface area contributed by atoms with Crippen molar-refractivity contribution in [2.45, 2.75) is 53.0 Å². The highest BCUT2D eigenvalue weighted by molar-refractivity contribution is 7.91. The average Bonchev–Trinajstić information content (AvgIpc) is 3.15. The maximum atomic E-state index is 12.6. The van der Waals surface area contributed by atoms with Crippen LogP contribution in [0.4, 0.5) is 0 Å². The molecule has 2 aromatic heterocycles. The first-order valence-corrected chi connectivity index (χ1v) is 11.8. The summed E-state index contributed by atoms with van der Waals surface area (Å²) in [7, 11) is -3.06. The number of aryl methyl sites for hydroxylation is 4. The molecule has 0 radical (unpaired) electrons. The number of carbonyl (C=O) groups excluding carboxylic acids is 1. The lowest BCUT2D eigenvalue weighted by Gasteiger charge is -2.12. The number of hydrogen-bond donors (Lipinski definition) is 1. The van der Waals surface area contributed by atoms with Crippen molar-refractivity contribution in [2.75, 3.05) is 11.5 Å². The van der Waals surface area contributed by atoms with Gasteiger partial charge in [-0.2, -0.15) is 0 Å². The molecule has 160 valence electrons. The molecule has 1 N–H and O–H groups in total. The topological polar surface area (TPSA) is 107 Å². The summed E-state index contributed by atoms with van der Waals surface area (Å²) in [6.07, 6.45) is 0.762. The fourth-order valence-corrected chi connectivity index (χ4v) is 5.90. The third kappa shape index (κ3) is 3.53. The second-order valence-electron chi connectivity index (χ2n) is 8.20. The first-order chi connectivity index (χ1) is 14.1. The van der Waals surface area contributed by atoms with Gasteiger partial charge in [0.1, 0.15) is 16.9 Å². The van der Waals surface area contributed by atoms with Gasteiger partial charge < -0.3 is 14.2 Å². The van der Waals surface area contributed by atoms with Crippen molar-refractivity contribution in [3.63, 3.8) is 0 Å². The fraction of sp³-hybridized carbons (Fsp3) is 0.455. The summed E-state index contributed by atoms with van der Waals surface area (Å²) in [5.41, 5.74) is 3.85. The summed E-state index contributed by atoms with van der Waals surface area (Å²) < 4.78 is 34.6. The van der Waals surface area contributed by atoms with Gasteiger partial charge in [-0.25, -0.2) is 13.2 Å². The smallest absolute Gasteiger partial charge is 0.339 e. The van der Waals surface area contributed by atoms with Gasteiger partial charge in [-0.05, 0) is 57.7 Å². The molecule has 1 aliphatic rings. The maximum absolute atomic E-state index is 12.6. The number of benzene rings is 1. The molecule has 4 rings (SSSR count). The van der Waals surface area contributed by atoms with Crippen LogP contribution in [0.3, 0.4) is 0 Å². The molecule has 0 unspecified atom stereocenters. The standard InChI is InChI=1S/C22H25NO6S/c1-11-14(4)28-20-13(3)21-18(9-17(11)20)12(2)16(22(25)29-21)5-6-19(24)23-15-7-8-30(26,27)10-15/h9,15H,5-8,10H2,1-4H3,(H,23,24)/t15-/m0/s1. The van der Waals surface area contributed by atoms with Crippen molar-refractivity contribution in [2.24, 2.45) is 0 Å². The molecule has 3 aromatic rings. The predicted molar refractivity (Wildman–Crippen MR) is 115 cm³/mol. The molecule has 1 atom stereocenters. The van der Waals surface area contributed by atoms with E-state index >= 15 is 0 Å². The van der Waals surface area contributed by atoms with Crippen molar-refractivity contribution in [1.82, 2.24) is 5.32 Å². The van der Waals surface area contributed by atoms with E-state index in [-0.39, 0.29) is 36.3 Å². The highest BCUT2D eigenvalue weighted by Gasteiger charge is 2.29. The van der Waals surface area contributed by atoms with Crippen LogP contribution in [0.25, 0.3) is 21.9 Å². The van der Waals surface area contributed by atoms with Gasteiger partial charge in [-0.15, -0.1) is 0 Å². The van der Waals surface area contributed by atoms with E-state index in [2.05, 4.69) is 5.32 Å². The molecule has 3 heterocycles. The fourth-order valence-electron chi connectivity index (χ4n) is 4.23. The number of nitrogens with one attached hydrogen (secondary N) is 1. The summed E-state index contributed by atoms with van der Waals surface area (Å²) in [6, 6.07) is 1.63. The Morgan fingerprint density at radius 1 is 1.07 bits per heavy atom. The molecular formula is C22H25NO6S. The molecule has 1 amide bonds. The Hall–Kier alpha value is -2.61. The highest BCUT2D eigenvalue weighted by Crippen LogP contribution is 2.34. The number of carbonyl (C=O) groups is 1. The number of sulfone groups is 1. The van der Waals surface area contributed by atoms with E-state index in [1.54, 1.807) is 0 Å². The minimum Gasteiger partial charge on any atom is -0.461 e. The Labute approximate surface area is 174 Å². The van der Waals surface area contributed by atoms with Crippen LogP contribution in [0.15, 0.2) is 19.7 Å². The molecule has 0 saturated carbocycles. The minimum absolute atomic E-state index is 0.0192. The number of rotatable bonds is 4. The second-order valence-corrected chi connectivity index (χ2v) is 10.4. The Balaban J connectivity index is 1.63. The molecule has 8 heteroatoms. The van der Waals surface area contributed by atoms with Crippen molar-refractivity contribution in [3.8, 4) is 0 Å². The van der Waals surface area contributed by atoms with Crippen molar-refractivity contribution in [3.05, 3.63) is 44.5 Å². The molecular weight excluding hydrogens is 406 g/mol. The molecule has 1 fully saturated rings. The zero-order valence-electron chi connectivity index (χ0n) is 17.5. The van der Waals surface area contributed by atoms with Crippen LogP contribution in [-0.4, -0.2) is 31.9 Å². The van der Waals surface area contributed by atoms with E-state index in [0.29, 0.717) is 17.6 Å². The Kier molecular flexibility index (Phi) is 5.00. The quantitative estimate of drug-likeness (QED) is 0.637. The van der Waals surface area contributed by atoms with Gasteiger partial charge in [0.05, 0.1) is 11.5 Å². The SMILES string of the molecule is Cc1oc2c(C)c3oc(=O)c(CCC(=O)N[C@H]4CCS(=O)(=O)C4)c(C)c3cc2c1C. The first-order valence-electron chi connectivity index (χ1n) is 10.0. The summed E-state index contributed by atoms with van der Waals surface area (Å²) in [5.74, 6) is 0.652. The van der Waals surface area contributed by atoms with Gasteiger partial charge in [0.25, 0.3) is 0 Å². The lowest BCUT2D eigenvalue weighted by Crippen LogP contribution is -2.35. The lowest BCUT2D eigenvalue weighted by atomic mass is 9.98. The van der Waals surface area contributed by atoms with Gasteiger partial charge in [0.15, 0.2) is 9.84 Å². The Morgan fingerprint density at radius 2 is 1.73 bits per heavy atom. The Bertz CT molecular complexity index is 1350. The first kappa shape index (κ1) is 20.7. The van der Waals surface area contributed by atoms with Gasteiger partial charge in [0.2, 0.25) is 5.91 Å². The third-order valence-electron chi connectivity index (χ3n) is 6.14. The number of fused-ring (bicyclic) bond motifs is 2. The van der Waals surface area contributed by atoms with Gasteiger partial charge in [0, 0.05) is 34.4 Å². The average molecular weight is 432 g/mol. The summed E-state index contributed by atoms with van der Waals surface area (Å²) in [5, 5.41) is 4.58. The molecule has 7 nitrogen and oxygen atoms in total. The van der Waals surface area contributed by atoms with Crippen LogP contribution >= 0.6 is 0 Å². The van der Waals surface area contributed by atoms with E-state index in [0.717, 1.165) is 38.8 Å². The number of furan rings is 1. The summed E-state index contributed by atoms with van der Waals surface area (Å²) in [6.45, 7) is 7.64. The van der Waals surface area contributed by atoms with Crippen molar-refractivity contribution in [1.29, 1.82) is 0 Å². The van der Waals surface area contributed by atoms with Crippen molar-refractivity contribution < 1.29 is 22.0 Å². The monoisotopic (exact) mass is 431 g/mol. The van der Waals surface area contributed by atoms with Gasteiger partial charge in [-0.1, -0.05) is 0 Å². The van der Waals surface area contributed by atoms with Gasteiger partial charge in [-0.3, -0.25) is 4.79 Å². The number of amides is 1. The van der Waals surface area contributed by atoms with E-state index in [4.69, 9.17) is 8.83 Å². The molecule has 0 aliphatic carbocycles. The van der Waals surface area contributed by atoms with Crippen LogP contribution in [-0.2, 0) is 21.1 Å². The predicted octanol–water partition coefficient (Wildman–Crippen LogP) is 3.01. The van der Waals surface area contributed by atoms with Crippen LogP contribution in [0.2, 0.25) is 0 Å². The van der Waals surface area contributed by atoms with Crippen LogP contribution in [0, 0.1) is 27.7 Å². The summed E-state index contributed by atoms with van der Waals surface area (Å²) >= 11 is 0. The zero-order valence-corrected chi connectivity index (χ0v) is 18.4. The van der Waals surface area contributed by atoms with E-state index < -0.39 is 15.5 Å². The van der Waals surface area contributed by atoms with E-state index in [1.165, 1.54) is 0 Å². The second kappa shape index (κ2) is 7.27. The van der Waals surface area contributed by atoms with Crippen molar-refractivity contribution >= 4 is 37.7 Å². The maximum Gasteiger partial charge on any atom is 0.339 e. The molecule has 1 aromatic carbocycles. The number of hydrogen-bond acceptors (Lipinski definition) is 6. The van der Waals surface area contributed by atoms with Crippen LogP contribution in [0.5, 0.6) is 0 Å². The van der Waals surface area contributed by atoms with Crippen LogP contribution in [0.1, 0.15) is 40.9 Å². The van der Waals surface area contributed by atoms with E-state index in [9.17, 15) is 18.0 Å². The third-order valence-corrected chi connectivity index (χ3v) is 7.91. The van der Waals surface area contributed by atoms with E-state index in [1.807, 2.05) is 33.8 Å². The van der Waals surface area contributed by atoms with Crippen LogP contribution < -0.4 is 10.9 Å². The molecule has 1 aliphatic heterocycles. The highest BCUT2D eigenvalue weighted by atomic mass is 32.2. The largest absolute Gasteiger partial charge is 0.461 e. The molecule has 30 heavy (non-hydrogen) atoms. The lowest BCUT2D eigenvalue weighted by molar-refractivity contribution is -0.121. The molecule has 0 spiro atoms. The zero-order chi connectivity index (χ0) is 21.8. The molecule has 0 bridgehead atoms. The normalized spacial score (nSPS) is 18.3. The summed E-state index contributed by atoms with van der Waals surface area (Å²) in [4.78, 5) is 24.9. The minimum atomic E-state index is -3.06. The molecule has 1 saturated heterocycles.